The van der Waals surface area contributed by atoms with E-state index in [2.05, 4.69) is 10.9 Å². The quantitative estimate of drug-likeness (QED) is 0.465. The van der Waals surface area contributed by atoms with Crippen LogP contribution in [-0.4, -0.2) is 24.2 Å². The lowest BCUT2D eigenvalue weighted by Crippen LogP contribution is -2.16. The van der Waals surface area contributed by atoms with Crippen LogP contribution in [-0.2, 0) is 6.54 Å². The Morgan fingerprint density at radius 2 is 2.17 bits per heavy atom. The van der Waals surface area contributed by atoms with Gasteiger partial charge >= 0.3 is 5.91 Å². The molecule has 2 heterocycles. The fraction of sp³-hybridized carbons (Fsp3) is 0.182. The van der Waals surface area contributed by atoms with Gasteiger partial charge in [0.15, 0.2) is 21.9 Å². The molecule has 0 bridgehead atoms. The molecule has 146 valence electrons. The maximum absolute atomic E-state index is 12.8. The second kappa shape index (κ2) is 7.86. The number of ether oxygens (including phenoxy) is 2. The van der Waals surface area contributed by atoms with Gasteiger partial charge in [-0.05, 0) is 37.3 Å². The highest BCUT2D eigenvalue weighted by atomic mass is 32.1. The molecule has 0 aliphatic heterocycles. The molecule has 6 nitrogen and oxygen atoms in total. The van der Waals surface area contributed by atoms with Crippen molar-refractivity contribution in [3.05, 3.63) is 53.0 Å². The number of aromatic nitrogens is 1. The van der Waals surface area contributed by atoms with Gasteiger partial charge in [0.05, 0.1) is 30.5 Å². The zero-order chi connectivity index (χ0) is 20.4. The van der Waals surface area contributed by atoms with Crippen LogP contribution in [0.5, 0.6) is 11.5 Å². The molecule has 4 rings (SSSR count). The average molecular weight is 406 g/mol. The lowest BCUT2D eigenvalue weighted by molar-refractivity contribution is 0.0973. The monoisotopic (exact) mass is 406 g/mol. The van der Waals surface area contributed by atoms with Gasteiger partial charge in [0.25, 0.3) is 0 Å². The normalized spacial score (nSPS) is 11.7. The molecule has 0 fully saturated rings. The lowest BCUT2D eigenvalue weighted by Gasteiger charge is -2.03. The Bertz CT molecular complexity index is 1320. The van der Waals surface area contributed by atoms with Crippen LogP contribution in [0.2, 0.25) is 0 Å². The predicted octanol–water partition coefficient (Wildman–Crippen LogP) is 4.23. The highest BCUT2D eigenvalue weighted by molar-refractivity contribution is 7.16. The molecule has 2 aromatic carbocycles. The zero-order valence-corrected chi connectivity index (χ0v) is 16.8. The SMILES string of the molecule is C#CCn1c(=NC(=O)c2cc3cccc(OC)c3o2)sc2cc(OCC)ccc21. The third kappa shape index (κ3) is 3.50. The number of carbonyl (C=O) groups is 1. The van der Waals surface area contributed by atoms with E-state index in [-0.39, 0.29) is 5.76 Å². The second-order valence-corrected chi connectivity index (χ2v) is 7.15. The average Bonchev–Trinajstić information content (AvgIpc) is 3.30. The Balaban J connectivity index is 1.81. The number of nitrogens with zero attached hydrogens (tertiary/aromatic N) is 2. The second-order valence-electron chi connectivity index (χ2n) is 6.14. The summed E-state index contributed by atoms with van der Waals surface area (Å²) in [4.78, 5) is 17.6. The number of methoxy groups -OCH3 is 1. The van der Waals surface area contributed by atoms with Gasteiger partial charge in [-0.1, -0.05) is 29.4 Å². The molecule has 0 N–H and O–H groups in total. The van der Waals surface area contributed by atoms with E-state index < -0.39 is 5.91 Å². The molecule has 0 saturated carbocycles. The molecule has 1 amide bonds. The molecule has 0 spiro atoms. The van der Waals surface area contributed by atoms with E-state index in [0.717, 1.165) is 21.4 Å². The number of para-hydroxylation sites is 1. The Kier molecular flexibility index (Phi) is 5.10. The van der Waals surface area contributed by atoms with Crippen molar-refractivity contribution in [1.29, 1.82) is 0 Å². The number of thiazole rings is 1. The van der Waals surface area contributed by atoms with Gasteiger partial charge in [-0.25, -0.2) is 0 Å². The summed E-state index contributed by atoms with van der Waals surface area (Å²) in [7, 11) is 1.56. The van der Waals surface area contributed by atoms with E-state index in [9.17, 15) is 4.79 Å². The van der Waals surface area contributed by atoms with Crippen molar-refractivity contribution in [2.75, 3.05) is 13.7 Å². The number of carbonyl (C=O) groups excluding carboxylic acids is 1. The first-order valence-corrected chi connectivity index (χ1v) is 9.81. The minimum Gasteiger partial charge on any atom is -0.494 e. The molecule has 0 aliphatic carbocycles. The third-order valence-electron chi connectivity index (χ3n) is 4.35. The van der Waals surface area contributed by atoms with Crippen molar-refractivity contribution in [3.63, 3.8) is 0 Å². The van der Waals surface area contributed by atoms with Gasteiger partial charge in [0, 0.05) is 5.39 Å². The van der Waals surface area contributed by atoms with Gasteiger partial charge in [-0.3, -0.25) is 4.79 Å². The van der Waals surface area contributed by atoms with E-state index in [1.54, 1.807) is 19.2 Å². The number of furan rings is 1. The summed E-state index contributed by atoms with van der Waals surface area (Å²) < 4.78 is 19.3. The first kappa shape index (κ1) is 18.8. The van der Waals surface area contributed by atoms with Crippen molar-refractivity contribution in [3.8, 4) is 23.8 Å². The number of amides is 1. The number of hydrogen-bond acceptors (Lipinski definition) is 5. The molecule has 4 aromatic rings. The maximum Gasteiger partial charge on any atom is 0.315 e. The summed E-state index contributed by atoms with van der Waals surface area (Å²) >= 11 is 1.37. The van der Waals surface area contributed by atoms with Crippen molar-refractivity contribution in [1.82, 2.24) is 4.57 Å². The minimum absolute atomic E-state index is 0.143. The fourth-order valence-electron chi connectivity index (χ4n) is 3.08. The number of fused-ring (bicyclic) bond motifs is 2. The van der Waals surface area contributed by atoms with Crippen LogP contribution in [0.15, 0.2) is 51.9 Å². The molecular weight excluding hydrogens is 388 g/mol. The van der Waals surface area contributed by atoms with Gasteiger partial charge in [0.1, 0.15) is 5.75 Å². The number of rotatable bonds is 5. The van der Waals surface area contributed by atoms with Gasteiger partial charge < -0.3 is 18.5 Å². The molecule has 0 radical (unpaired) electrons. The van der Waals surface area contributed by atoms with Crippen LogP contribution in [0, 0.1) is 12.3 Å². The number of terminal acetylenes is 1. The largest absolute Gasteiger partial charge is 0.494 e. The summed E-state index contributed by atoms with van der Waals surface area (Å²) in [5, 5.41) is 0.775. The van der Waals surface area contributed by atoms with Gasteiger partial charge in [-0.2, -0.15) is 4.99 Å². The topological polar surface area (TPSA) is 66.0 Å². The first-order chi connectivity index (χ1) is 14.1. The highest BCUT2D eigenvalue weighted by Gasteiger charge is 2.15. The Morgan fingerprint density at radius 1 is 1.31 bits per heavy atom. The van der Waals surface area contributed by atoms with Crippen LogP contribution < -0.4 is 14.3 Å². The van der Waals surface area contributed by atoms with Crippen molar-refractivity contribution in [2.24, 2.45) is 4.99 Å². The molecule has 7 heteroatoms. The molecule has 0 aliphatic rings. The van der Waals surface area contributed by atoms with Crippen LogP contribution in [0.4, 0.5) is 0 Å². The van der Waals surface area contributed by atoms with E-state index in [1.807, 2.05) is 41.8 Å². The summed E-state index contributed by atoms with van der Waals surface area (Å²) in [5.41, 5.74) is 1.41. The summed E-state index contributed by atoms with van der Waals surface area (Å²) in [6.45, 7) is 2.80. The van der Waals surface area contributed by atoms with Gasteiger partial charge in [0.2, 0.25) is 0 Å². The minimum atomic E-state index is -0.481. The van der Waals surface area contributed by atoms with Crippen molar-refractivity contribution < 1.29 is 18.7 Å². The molecule has 0 saturated heterocycles. The summed E-state index contributed by atoms with van der Waals surface area (Å²) in [6, 6.07) is 12.9. The first-order valence-electron chi connectivity index (χ1n) is 9.00. The smallest absolute Gasteiger partial charge is 0.315 e. The van der Waals surface area contributed by atoms with Crippen LogP contribution in [0.25, 0.3) is 21.2 Å². The van der Waals surface area contributed by atoms with Crippen LogP contribution in [0.3, 0.4) is 0 Å². The van der Waals surface area contributed by atoms with E-state index in [4.69, 9.17) is 20.3 Å². The van der Waals surface area contributed by atoms with Crippen molar-refractivity contribution in [2.45, 2.75) is 13.5 Å². The Hall–Kier alpha value is -3.50. The van der Waals surface area contributed by atoms with E-state index in [0.29, 0.717) is 29.3 Å². The number of hydrogen-bond donors (Lipinski definition) is 0. The van der Waals surface area contributed by atoms with Crippen LogP contribution >= 0.6 is 11.3 Å². The summed E-state index contributed by atoms with van der Waals surface area (Å²) in [6.07, 6.45) is 5.53. The van der Waals surface area contributed by atoms with Crippen molar-refractivity contribution >= 4 is 38.4 Å². The molecule has 0 unspecified atom stereocenters. The Labute approximate surface area is 171 Å². The summed E-state index contributed by atoms with van der Waals surface area (Å²) in [5.74, 6) is 3.61. The van der Waals surface area contributed by atoms with Crippen LogP contribution in [0.1, 0.15) is 17.5 Å². The van der Waals surface area contributed by atoms with Gasteiger partial charge in [-0.15, -0.1) is 6.42 Å². The highest BCUT2D eigenvalue weighted by Crippen LogP contribution is 2.29. The lowest BCUT2D eigenvalue weighted by atomic mass is 10.2. The van der Waals surface area contributed by atoms with E-state index >= 15 is 0 Å². The molecular formula is C22H18N2O4S. The molecule has 0 atom stereocenters. The zero-order valence-electron chi connectivity index (χ0n) is 16.0. The maximum atomic E-state index is 12.8. The molecule has 29 heavy (non-hydrogen) atoms. The predicted molar refractivity (Wildman–Crippen MR) is 112 cm³/mol. The fourth-order valence-corrected chi connectivity index (χ4v) is 4.14. The van der Waals surface area contributed by atoms with E-state index in [1.165, 1.54) is 11.3 Å². The number of benzene rings is 2. The third-order valence-corrected chi connectivity index (χ3v) is 5.39. The standard InChI is InChI=1S/C22H18N2O4S/c1-4-11-24-16-10-9-15(27-5-2)13-19(16)29-22(24)23-21(25)18-12-14-7-6-8-17(26-3)20(14)28-18/h1,6-10,12-13H,5,11H2,2-3H3. The Morgan fingerprint density at radius 3 is 2.93 bits per heavy atom. The molecule has 2 aromatic heterocycles.